The molecule has 1 aromatic heterocycles. The molecule has 0 saturated carbocycles. The number of carbonyl (C=O) groups is 1. The van der Waals surface area contributed by atoms with Gasteiger partial charge < -0.3 is 10.3 Å². The smallest absolute Gasteiger partial charge is 0.292 e. The Bertz CT molecular complexity index is 822. The molecule has 0 aliphatic carbocycles. The molecule has 2 N–H and O–H groups in total. The molecule has 2 rings (SSSR count). The van der Waals surface area contributed by atoms with Crippen LogP contribution in [-0.4, -0.2) is 26.6 Å². The molecule has 0 unspecified atom stereocenters. The van der Waals surface area contributed by atoms with Crippen molar-refractivity contribution >= 4 is 29.0 Å². The standard InChI is InChI=1S/C16H18N4O4S/c1-2-3-6-11-9-14(21)19-16(17-11)25-10-15(22)18-12-7-4-5-8-13(12)20(23)24/h4-5,7-9H,2-3,6,10H2,1H3,(H,18,22)(H,17,19,21). The number of thioether (sulfide) groups is 1. The molecule has 8 nitrogen and oxygen atoms in total. The molecule has 1 aromatic carbocycles. The van der Waals surface area contributed by atoms with Gasteiger partial charge in [0.05, 0.1) is 10.7 Å². The number of hydrogen-bond donors (Lipinski definition) is 2. The Morgan fingerprint density at radius 2 is 2.16 bits per heavy atom. The third-order valence-electron chi connectivity index (χ3n) is 3.27. The van der Waals surface area contributed by atoms with Crippen molar-refractivity contribution in [2.75, 3.05) is 11.1 Å². The third-order valence-corrected chi connectivity index (χ3v) is 4.15. The van der Waals surface area contributed by atoms with Crippen molar-refractivity contribution in [2.45, 2.75) is 31.3 Å². The van der Waals surface area contributed by atoms with Gasteiger partial charge in [-0.1, -0.05) is 37.2 Å². The van der Waals surface area contributed by atoms with Crippen LogP contribution in [0.4, 0.5) is 11.4 Å². The molecule has 9 heteroatoms. The summed E-state index contributed by atoms with van der Waals surface area (Å²) in [5.74, 6) is -0.437. The van der Waals surface area contributed by atoms with Crippen molar-refractivity contribution in [3.05, 3.63) is 56.5 Å². The topological polar surface area (TPSA) is 118 Å². The number of amides is 1. The van der Waals surface area contributed by atoms with Gasteiger partial charge in [-0.15, -0.1) is 0 Å². The van der Waals surface area contributed by atoms with E-state index in [1.54, 1.807) is 6.07 Å². The zero-order valence-corrected chi connectivity index (χ0v) is 14.5. The number of nitro benzene ring substituents is 1. The highest BCUT2D eigenvalue weighted by molar-refractivity contribution is 7.99. The maximum Gasteiger partial charge on any atom is 0.292 e. The van der Waals surface area contributed by atoms with Crippen LogP contribution in [0.5, 0.6) is 0 Å². The summed E-state index contributed by atoms with van der Waals surface area (Å²) in [5.41, 5.74) is 0.389. The number of aromatic amines is 1. The second-order valence-electron chi connectivity index (χ2n) is 5.26. The van der Waals surface area contributed by atoms with E-state index in [2.05, 4.69) is 22.2 Å². The van der Waals surface area contributed by atoms with E-state index in [0.717, 1.165) is 24.6 Å². The zero-order chi connectivity index (χ0) is 18.2. The Balaban J connectivity index is 2.00. The molecular weight excluding hydrogens is 344 g/mol. The minimum absolute atomic E-state index is 0.0216. The molecule has 0 radical (unpaired) electrons. The molecule has 0 bridgehead atoms. The van der Waals surface area contributed by atoms with Crippen LogP contribution in [0.15, 0.2) is 40.3 Å². The lowest BCUT2D eigenvalue weighted by Gasteiger charge is -2.06. The quantitative estimate of drug-likeness (QED) is 0.323. The van der Waals surface area contributed by atoms with Gasteiger partial charge in [-0.25, -0.2) is 4.98 Å². The monoisotopic (exact) mass is 362 g/mol. The molecule has 1 heterocycles. The molecule has 0 aliphatic heterocycles. The molecule has 0 spiro atoms. The second kappa shape index (κ2) is 8.97. The number of benzene rings is 1. The van der Waals surface area contributed by atoms with Gasteiger partial charge in [-0.2, -0.15) is 0 Å². The molecule has 0 saturated heterocycles. The summed E-state index contributed by atoms with van der Waals surface area (Å²) in [6, 6.07) is 7.36. The Labute approximate surface area is 148 Å². The number of rotatable bonds is 8. The van der Waals surface area contributed by atoms with Crippen LogP contribution in [0.3, 0.4) is 0 Å². The highest BCUT2D eigenvalue weighted by Gasteiger charge is 2.15. The number of hydrogen-bond acceptors (Lipinski definition) is 6. The fourth-order valence-corrected chi connectivity index (χ4v) is 2.79. The van der Waals surface area contributed by atoms with Gasteiger partial charge in [-0.05, 0) is 18.9 Å². The summed E-state index contributed by atoms with van der Waals surface area (Å²) < 4.78 is 0. The van der Waals surface area contributed by atoms with Crippen LogP contribution in [-0.2, 0) is 11.2 Å². The van der Waals surface area contributed by atoms with E-state index in [1.165, 1.54) is 24.3 Å². The van der Waals surface area contributed by atoms with E-state index in [4.69, 9.17) is 0 Å². The van der Waals surface area contributed by atoms with E-state index < -0.39 is 10.8 Å². The number of nitro groups is 1. The SMILES string of the molecule is CCCCc1cc(=O)[nH]c(SCC(=O)Nc2ccccc2[N+](=O)[O-])n1. The Morgan fingerprint density at radius 3 is 2.88 bits per heavy atom. The number of para-hydroxylation sites is 2. The van der Waals surface area contributed by atoms with E-state index in [9.17, 15) is 19.7 Å². The first-order valence-corrected chi connectivity index (χ1v) is 8.74. The summed E-state index contributed by atoms with van der Waals surface area (Å²) in [4.78, 5) is 41.0. The number of unbranched alkanes of at least 4 members (excludes halogenated alkanes) is 1. The molecular formula is C16H18N4O4S. The van der Waals surface area contributed by atoms with Crippen LogP contribution < -0.4 is 10.9 Å². The van der Waals surface area contributed by atoms with Gasteiger partial charge in [0, 0.05) is 17.8 Å². The maximum absolute atomic E-state index is 12.0. The van der Waals surface area contributed by atoms with E-state index >= 15 is 0 Å². The number of carbonyl (C=O) groups excluding carboxylic acids is 1. The number of aromatic nitrogens is 2. The number of H-pyrrole nitrogens is 1. The lowest BCUT2D eigenvalue weighted by molar-refractivity contribution is -0.383. The normalized spacial score (nSPS) is 10.4. The highest BCUT2D eigenvalue weighted by Crippen LogP contribution is 2.23. The van der Waals surface area contributed by atoms with Crippen molar-refractivity contribution in [1.82, 2.24) is 9.97 Å². The molecule has 0 atom stereocenters. The number of aryl methyl sites for hydroxylation is 1. The predicted octanol–water partition coefficient (Wildman–Crippen LogP) is 2.75. The number of nitrogens with zero attached hydrogens (tertiary/aromatic N) is 2. The van der Waals surface area contributed by atoms with Crippen LogP contribution in [0, 0.1) is 10.1 Å². The van der Waals surface area contributed by atoms with Gasteiger partial charge >= 0.3 is 0 Å². The Morgan fingerprint density at radius 1 is 1.40 bits per heavy atom. The molecule has 2 aromatic rings. The average molecular weight is 362 g/mol. The largest absolute Gasteiger partial charge is 0.320 e. The summed E-state index contributed by atoms with van der Waals surface area (Å²) in [5, 5.41) is 13.8. The van der Waals surface area contributed by atoms with Gasteiger partial charge in [-0.3, -0.25) is 19.7 Å². The molecule has 132 valence electrons. The van der Waals surface area contributed by atoms with Crippen molar-refractivity contribution in [1.29, 1.82) is 0 Å². The Kier molecular flexibility index (Phi) is 6.70. The van der Waals surface area contributed by atoms with Crippen molar-refractivity contribution < 1.29 is 9.72 Å². The van der Waals surface area contributed by atoms with Gasteiger partial charge in [0.2, 0.25) is 5.91 Å². The second-order valence-corrected chi connectivity index (χ2v) is 6.22. The van der Waals surface area contributed by atoms with E-state index in [1.807, 2.05) is 0 Å². The number of nitrogens with one attached hydrogen (secondary N) is 2. The van der Waals surface area contributed by atoms with Crippen LogP contribution in [0.2, 0.25) is 0 Å². The molecule has 0 fully saturated rings. The molecule has 1 amide bonds. The minimum Gasteiger partial charge on any atom is -0.320 e. The summed E-state index contributed by atoms with van der Waals surface area (Å²) >= 11 is 1.08. The van der Waals surface area contributed by atoms with Crippen molar-refractivity contribution in [2.24, 2.45) is 0 Å². The van der Waals surface area contributed by atoms with Crippen LogP contribution in [0.25, 0.3) is 0 Å². The first-order chi connectivity index (χ1) is 12.0. The van der Waals surface area contributed by atoms with Crippen molar-refractivity contribution in [3.8, 4) is 0 Å². The first-order valence-electron chi connectivity index (χ1n) is 7.76. The summed E-state index contributed by atoms with van der Waals surface area (Å²) in [6.45, 7) is 2.05. The van der Waals surface area contributed by atoms with Crippen molar-refractivity contribution in [3.63, 3.8) is 0 Å². The summed E-state index contributed by atoms with van der Waals surface area (Å²) in [6.07, 6.45) is 2.63. The molecule has 25 heavy (non-hydrogen) atoms. The van der Waals surface area contributed by atoms with Crippen LogP contribution in [0.1, 0.15) is 25.5 Å². The van der Waals surface area contributed by atoms with E-state index in [0.29, 0.717) is 17.3 Å². The lowest BCUT2D eigenvalue weighted by atomic mass is 10.2. The van der Waals surface area contributed by atoms with Gasteiger partial charge in [0.15, 0.2) is 5.16 Å². The Hall–Kier alpha value is -2.68. The minimum atomic E-state index is -0.557. The summed E-state index contributed by atoms with van der Waals surface area (Å²) in [7, 11) is 0. The average Bonchev–Trinajstić information content (AvgIpc) is 2.58. The maximum atomic E-state index is 12.0. The fourth-order valence-electron chi connectivity index (χ4n) is 2.10. The first kappa shape index (κ1) is 18.7. The third kappa shape index (κ3) is 5.71. The lowest BCUT2D eigenvalue weighted by Crippen LogP contribution is -2.16. The van der Waals surface area contributed by atoms with Gasteiger partial charge in [0.25, 0.3) is 11.2 Å². The number of anilines is 1. The van der Waals surface area contributed by atoms with Gasteiger partial charge in [0.1, 0.15) is 5.69 Å². The highest BCUT2D eigenvalue weighted by atomic mass is 32.2. The zero-order valence-electron chi connectivity index (χ0n) is 13.7. The molecule has 0 aliphatic rings. The van der Waals surface area contributed by atoms with Crippen LogP contribution >= 0.6 is 11.8 Å². The van der Waals surface area contributed by atoms with E-state index in [-0.39, 0.29) is 22.7 Å². The predicted molar refractivity (Wildman–Crippen MR) is 95.9 cm³/mol. The fraction of sp³-hybridized carbons (Fsp3) is 0.312.